The van der Waals surface area contributed by atoms with Gasteiger partial charge >= 0.3 is 0 Å². The molecule has 0 bridgehead atoms. The molecule has 0 aromatic heterocycles. The van der Waals surface area contributed by atoms with Crippen molar-refractivity contribution in [2.45, 2.75) is 12.8 Å². The Labute approximate surface area is 159 Å². The molecule has 2 saturated heterocycles. The molecule has 2 aliphatic rings. The van der Waals surface area contributed by atoms with Crippen LogP contribution >= 0.6 is 0 Å². The van der Waals surface area contributed by atoms with E-state index in [1.807, 2.05) is 0 Å². The molecule has 2 fully saturated rings. The van der Waals surface area contributed by atoms with Crippen LogP contribution in [0.2, 0.25) is 0 Å². The third-order valence-corrected chi connectivity index (χ3v) is 6.21. The van der Waals surface area contributed by atoms with E-state index in [1.54, 1.807) is 29.2 Å². The van der Waals surface area contributed by atoms with Gasteiger partial charge in [-0.1, -0.05) is 12.1 Å². The second-order valence-corrected chi connectivity index (χ2v) is 8.88. The van der Waals surface area contributed by atoms with Crippen LogP contribution < -0.4 is 5.32 Å². The van der Waals surface area contributed by atoms with Crippen LogP contribution in [0.3, 0.4) is 0 Å². The Hall–Kier alpha value is -1.97. The molecule has 3 rings (SSSR count). The Morgan fingerprint density at radius 3 is 2.56 bits per heavy atom. The lowest BCUT2D eigenvalue weighted by Gasteiger charge is -2.30. The largest absolute Gasteiger partial charge is 0.378 e. The van der Waals surface area contributed by atoms with E-state index in [0.29, 0.717) is 56.9 Å². The number of morpholine rings is 1. The standard InChI is InChI=1S/C18H25N3O5S/c1-27(24,25)21-8-4-5-14(13-21)17(22)19-16-7-3-2-6-15(16)18(23)20-9-11-26-12-10-20/h2-3,6-7,14H,4-5,8-13H2,1H3,(H,19,22). The number of nitrogens with one attached hydrogen (secondary N) is 1. The minimum Gasteiger partial charge on any atom is -0.378 e. The van der Waals surface area contributed by atoms with E-state index in [9.17, 15) is 18.0 Å². The highest BCUT2D eigenvalue weighted by molar-refractivity contribution is 7.88. The monoisotopic (exact) mass is 395 g/mol. The summed E-state index contributed by atoms with van der Waals surface area (Å²) in [5.74, 6) is -0.832. The third-order valence-electron chi connectivity index (χ3n) is 4.94. The second kappa shape index (κ2) is 8.37. The van der Waals surface area contributed by atoms with Crippen molar-refractivity contribution in [1.82, 2.24) is 9.21 Å². The van der Waals surface area contributed by atoms with Crippen molar-refractivity contribution < 1.29 is 22.7 Å². The van der Waals surface area contributed by atoms with Gasteiger partial charge in [-0.15, -0.1) is 0 Å². The molecule has 0 radical (unpaired) electrons. The number of carbonyl (C=O) groups is 2. The van der Waals surface area contributed by atoms with Crippen LogP contribution in [0, 0.1) is 5.92 Å². The normalized spacial score (nSPS) is 21.7. The van der Waals surface area contributed by atoms with E-state index in [-0.39, 0.29) is 18.4 Å². The van der Waals surface area contributed by atoms with E-state index in [2.05, 4.69) is 5.32 Å². The molecule has 2 amide bonds. The van der Waals surface area contributed by atoms with Crippen LogP contribution in [0.5, 0.6) is 0 Å². The number of benzene rings is 1. The first-order chi connectivity index (χ1) is 12.9. The molecule has 0 spiro atoms. The van der Waals surface area contributed by atoms with Crippen LogP contribution in [0.25, 0.3) is 0 Å². The average Bonchev–Trinajstić information content (AvgIpc) is 2.68. The lowest BCUT2D eigenvalue weighted by atomic mass is 9.98. The summed E-state index contributed by atoms with van der Waals surface area (Å²) in [4.78, 5) is 27.2. The van der Waals surface area contributed by atoms with Gasteiger partial charge in [0.2, 0.25) is 15.9 Å². The number of sulfonamides is 1. The first-order valence-electron chi connectivity index (χ1n) is 9.08. The van der Waals surface area contributed by atoms with Gasteiger partial charge in [0.1, 0.15) is 0 Å². The molecule has 2 heterocycles. The molecule has 27 heavy (non-hydrogen) atoms. The van der Waals surface area contributed by atoms with Crippen molar-refractivity contribution in [3.05, 3.63) is 29.8 Å². The van der Waals surface area contributed by atoms with Crippen molar-refractivity contribution in [2.24, 2.45) is 5.92 Å². The van der Waals surface area contributed by atoms with Gasteiger partial charge in [-0.25, -0.2) is 12.7 Å². The van der Waals surface area contributed by atoms with Gasteiger partial charge in [0.05, 0.1) is 36.6 Å². The molecule has 9 heteroatoms. The summed E-state index contributed by atoms with van der Waals surface area (Å²) in [7, 11) is -3.32. The maximum atomic E-state index is 12.8. The zero-order valence-corrected chi connectivity index (χ0v) is 16.2. The van der Waals surface area contributed by atoms with Crippen LogP contribution in [0.4, 0.5) is 5.69 Å². The Morgan fingerprint density at radius 1 is 1.15 bits per heavy atom. The summed E-state index contributed by atoms with van der Waals surface area (Å²) < 4.78 is 30.1. The number of piperidine rings is 1. The number of carbonyl (C=O) groups excluding carboxylic acids is 2. The zero-order valence-electron chi connectivity index (χ0n) is 15.4. The molecule has 0 aliphatic carbocycles. The van der Waals surface area contributed by atoms with Crippen LogP contribution in [0.15, 0.2) is 24.3 Å². The van der Waals surface area contributed by atoms with Crippen molar-refractivity contribution in [3.8, 4) is 0 Å². The fourth-order valence-electron chi connectivity index (χ4n) is 3.41. The van der Waals surface area contributed by atoms with E-state index in [4.69, 9.17) is 4.74 Å². The molecule has 2 aliphatic heterocycles. The summed E-state index contributed by atoms with van der Waals surface area (Å²) in [6, 6.07) is 6.91. The van der Waals surface area contributed by atoms with Gasteiger partial charge in [0, 0.05) is 26.2 Å². The topological polar surface area (TPSA) is 96.0 Å². The summed E-state index contributed by atoms with van der Waals surface area (Å²) in [5.41, 5.74) is 0.888. The lowest BCUT2D eigenvalue weighted by molar-refractivity contribution is -0.120. The molecule has 1 unspecified atom stereocenters. The van der Waals surface area contributed by atoms with E-state index >= 15 is 0 Å². The van der Waals surface area contributed by atoms with Crippen molar-refractivity contribution >= 4 is 27.5 Å². The summed E-state index contributed by atoms with van der Waals surface area (Å²) in [6.45, 7) is 2.66. The van der Waals surface area contributed by atoms with Crippen molar-refractivity contribution in [1.29, 1.82) is 0 Å². The lowest BCUT2D eigenvalue weighted by Crippen LogP contribution is -2.43. The number of hydrogen-bond acceptors (Lipinski definition) is 5. The van der Waals surface area contributed by atoms with Gasteiger partial charge in [-0.05, 0) is 25.0 Å². The second-order valence-electron chi connectivity index (χ2n) is 6.90. The van der Waals surface area contributed by atoms with Crippen LogP contribution in [-0.2, 0) is 19.6 Å². The molecule has 1 atom stereocenters. The number of amides is 2. The maximum absolute atomic E-state index is 12.8. The molecule has 1 aromatic carbocycles. The maximum Gasteiger partial charge on any atom is 0.256 e. The summed E-state index contributed by atoms with van der Waals surface area (Å²) >= 11 is 0. The minimum absolute atomic E-state index is 0.143. The Morgan fingerprint density at radius 2 is 1.85 bits per heavy atom. The fraction of sp³-hybridized carbons (Fsp3) is 0.556. The van der Waals surface area contributed by atoms with E-state index in [0.717, 1.165) is 6.26 Å². The van der Waals surface area contributed by atoms with Gasteiger partial charge in [0.15, 0.2) is 0 Å². The number of ether oxygens (including phenoxy) is 1. The number of nitrogens with zero attached hydrogens (tertiary/aromatic N) is 2. The Kier molecular flexibility index (Phi) is 6.13. The molecule has 148 valence electrons. The van der Waals surface area contributed by atoms with Crippen LogP contribution in [-0.4, -0.2) is 75.1 Å². The Balaban J connectivity index is 1.72. The fourth-order valence-corrected chi connectivity index (χ4v) is 4.32. The average molecular weight is 395 g/mol. The molecule has 0 saturated carbocycles. The first kappa shape index (κ1) is 19.8. The van der Waals surface area contributed by atoms with Gasteiger partial charge in [-0.2, -0.15) is 0 Å². The molecule has 1 N–H and O–H groups in total. The summed E-state index contributed by atoms with van der Waals surface area (Å²) in [6.07, 6.45) is 2.42. The minimum atomic E-state index is -3.32. The third kappa shape index (κ3) is 4.85. The van der Waals surface area contributed by atoms with E-state index in [1.165, 1.54) is 4.31 Å². The quantitative estimate of drug-likeness (QED) is 0.812. The molecule has 8 nitrogen and oxygen atoms in total. The van der Waals surface area contributed by atoms with E-state index < -0.39 is 15.9 Å². The number of hydrogen-bond donors (Lipinski definition) is 1. The highest BCUT2D eigenvalue weighted by Gasteiger charge is 2.31. The smallest absolute Gasteiger partial charge is 0.256 e. The van der Waals surface area contributed by atoms with Gasteiger partial charge < -0.3 is 15.0 Å². The Bertz CT molecular complexity index is 805. The predicted octanol–water partition coefficient (Wildman–Crippen LogP) is 0.769. The van der Waals surface area contributed by atoms with Crippen molar-refractivity contribution in [2.75, 3.05) is 51.0 Å². The zero-order chi connectivity index (χ0) is 19.4. The number of rotatable bonds is 4. The molecular formula is C18H25N3O5S. The SMILES string of the molecule is CS(=O)(=O)N1CCCC(C(=O)Nc2ccccc2C(=O)N2CCOCC2)C1. The molecular weight excluding hydrogens is 370 g/mol. The van der Waals surface area contributed by atoms with Crippen molar-refractivity contribution in [3.63, 3.8) is 0 Å². The molecule has 1 aromatic rings. The number of para-hydroxylation sites is 1. The highest BCUT2D eigenvalue weighted by Crippen LogP contribution is 2.23. The summed E-state index contributed by atoms with van der Waals surface area (Å²) in [5, 5.41) is 2.83. The van der Waals surface area contributed by atoms with Crippen LogP contribution in [0.1, 0.15) is 23.2 Å². The highest BCUT2D eigenvalue weighted by atomic mass is 32.2. The predicted molar refractivity (Wildman–Crippen MR) is 101 cm³/mol. The first-order valence-corrected chi connectivity index (χ1v) is 10.9. The van der Waals surface area contributed by atoms with Gasteiger partial charge in [-0.3, -0.25) is 9.59 Å². The van der Waals surface area contributed by atoms with Gasteiger partial charge in [0.25, 0.3) is 5.91 Å². The number of anilines is 1.